The molecule has 0 bridgehead atoms. The van der Waals surface area contributed by atoms with Gasteiger partial charge in [0.15, 0.2) is 0 Å². The molecule has 3 aromatic rings. The number of pyridine rings is 1. The molecule has 4 nitrogen and oxygen atoms in total. The Hall–Kier alpha value is -2.33. The number of nitrogens with two attached hydrogens (primary N) is 1. The molecule has 0 spiro atoms. The first-order valence-corrected chi connectivity index (χ1v) is 6.64. The van der Waals surface area contributed by atoms with Gasteiger partial charge < -0.3 is 15.5 Å². The second kappa shape index (κ2) is 5.35. The van der Waals surface area contributed by atoms with Crippen molar-refractivity contribution in [1.29, 1.82) is 0 Å². The normalized spacial score (nSPS) is 10.9. The fourth-order valence-corrected chi connectivity index (χ4v) is 2.25. The predicted octanol–water partition coefficient (Wildman–Crippen LogP) is 3.21. The number of aryl methyl sites for hydroxylation is 1. The molecular formula is C16H17N3O. The minimum Gasteiger partial charge on any atom is -0.465 e. The molecule has 1 aromatic carbocycles. The van der Waals surface area contributed by atoms with Crippen molar-refractivity contribution in [3.8, 4) is 0 Å². The summed E-state index contributed by atoms with van der Waals surface area (Å²) in [7, 11) is 0. The zero-order chi connectivity index (χ0) is 13.9. The summed E-state index contributed by atoms with van der Waals surface area (Å²) in [5, 5.41) is 4.37. The number of nitrogens with zero attached hydrogens (tertiary/aromatic N) is 1. The lowest BCUT2D eigenvalue weighted by Crippen LogP contribution is -2.02. The lowest BCUT2D eigenvalue weighted by atomic mass is 10.1. The van der Waals surface area contributed by atoms with Crippen LogP contribution in [0.25, 0.3) is 10.9 Å². The lowest BCUT2D eigenvalue weighted by Gasteiger charge is -2.07. The summed E-state index contributed by atoms with van der Waals surface area (Å²) in [6.45, 7) is 3.09. The third-order valence-electron chi connectivity index (χ3n) is 3.28. The maximum absolute atomic E-state index is 5.74. The third-order valence-corrected chi connectivity index (χ3v) is 3.28. The standard InChI is InChI=1S/C16H17N3O/c1-11-5-6-13(20-11)10-18-16-8-7-14-12(9-17)3-2-4-15(14)19-16/h2-8H,9-10,17H2,1H3,(H,18,19). The maximum atomic E-state index is 5.74. The first-order chi connectivity index (χ1) is 9.76. The summed E-state index contributed by atoms with van der Waals surface area (Å²) in [5.41, 5.74) is 7.80. The maximum Gasteiger partial charge on any atom is 0.127 e. The molecule has 2 heterocycles. The Kier molecular flexibility index (Phi) is 3.39. The van der Waals surface area contributed by atoms with Crippen molar-refractivity contribution in [2.24, 2.45) is 5.73 Å². The highest BCUT2D eigenvalue weighted by Gasteiger charge is 2.03. The van der Waals surface area contributed by atoms with Crippen LogP contribution in [0.15, 0.2) is 46.9 Å². The summed E-state index contributed by atoms with van der Waals surface area (Å²) in [6.07, 6.45) is 0. The largest absolute Gasteiger partial charge is 0.465 e. The van der Waals surface area contributed by atoms with Gasteiger partial charge in [-0.3, -0.25) is 0 Å². The van der Waals surface area contributed by atoms with Crippen LogP contribution in [0.5, 0.6) is 0 Å². The number of anilines is 1. The molecule has 0 aliphatic rings. The van der Waals surface area contributed by atoms with Crippen molar-refractivity contribution in [1.82, 2.24) is 4.98 Å². The Bertz CT molecular complexity index is 733. The Morgan fingerprint density at radius 2 is 2.05 bits per heavy atom. The highest BCUT2D eigenvalue weighted by molar-refractivity contribution is 5.83. The summed E-state index contributed by atoms with van der Waals surface area (Å²) in [4.78, 5) is 4.60. The molecule has 0 saturated carbocycles. The Labute approximate surface area is 117 Å². The smallest absolute Gasteiger partial charge is 0.127 e. The van der Waals surface area contributed by atoms with Crippen LogP contribution < -0.4 is 11.1 Å². The van der Waals surface area contributed by atoms with Crippen LogP contribution in [0.3, 0.4) is 0 Å². The molecule has 2 aromatic heterocycles. The molecule has 0 atom stereocenters. The van der Waals surface area contributed by atoms with Gasteiger partial charge in [0.25, 0.3) is 0 Å². The predicted molar refractivity (Wildman–Crippen MR) is 80.4 cm³/mol. The highest BCUT2D eigenvalue weighted by Crippen LogP contribution is 2.19. The molecule has 102 valence electrons. The molecule has 0 radical (unpaired) electrons. The number of benzene rings is 1. The zero-order valence-corrected chi connectivity index (χ0v) is 11.4. The molecule has 4 heteroatoms. The Morgan fingerprint density at radius 3 is 2.80 bits per heavy atom. The lowest BCUT2D eigenvalue weighted by molar-refractivity contribution is 0.490. The minimum atomic E-state index is 0.525. The second-order valence-corrected chi connectivity index (χ2v) is 4.75. The van der Waals surface area contributed by atoms with Gasteiger partial charge in [0, 0.05) is 11.9 Å². The number of hydrogen-bond acceptors (Lipinski definition) is 4. The SMILES string of the molecule is Cc1ccc(CNc2ccc3c(CN)cccc3n2)o1. The highest BCUT2D eigenvalue weighted by atomic mass is 16.3. The van der Waals surface area contributed by atoms with Crippen LogP contribution in [0.1, 0.15) is 17.1 Å². The molecule has 0 aliphatic carbocycles. The molecule has 3 N–H and O–H groups in total. The Morgan fingerprint density at radius 1 is 1.15 bits per heavy atom. The molecule has 20 heavy (non-hydrogen) atoms. The topological polar surface area (TPSA) is 64.1 Å². The van der Waals surface area contributed by atoms with Gasteiger partial charge in [0.05, 0.1) is 12.1 Å². The van der Waals surface area contributed by atoms with E-state index >= 15 is 0 Å². The van der Waals surface area contributed by atoms with Crippen molar-refractivity contribution in [3.63, 3.8) is 0 Å². The van der Waals surface area contributed by atoms with Crippen LogP contribution in [0.4, 0.5) is 5.82 Å². The van der Waals surface area contributed by atoms with Gasteiger partial charge in [-0.2, -0.15) is 0 Å². The number of aromatic nitrogens is 1. The van der Waals surface area contributed by atoms with Crippen molar-refractivity contribution < 1.29 is 4.42 Å². The van der Waals surface area contributed by atoms with E-state index in [2.05, 4.69) is 16.4 Å². The quantitative estimate of drug-likeness (QED) is 0.762. The average molecular weight is 267 g/mol. The van der Waals surface area contributed by atoms with Gasteiger partial charge in [-0.05, 0) is 42.8 Å². The summed E-state index contributed by atoms with van der Waals surface area (Å²) in [5.74, 6) is 2.65. The van der Waals surface area contributed by atoms with Crippen LogP contribution in [0.2, 0.25) is 0 Å². The Balaban J connectivity index is 1.82. The van der Waals surface area contributed by atoms with E-state index in [0.29, 0.717) is 13.1 Å². The molecule has 0 saturated heterocycles. The fraction of sp³-hybridized carbons (Fsp3) is 0.188. The molecule has 0 aliphatic heterocycles. The van der Waals surface area contributed by atoms with Gasteiger partial charge in [-0.15, -0.1) is 0 Å². The molecule has 0 unspecified atom stereocenters. The first kappa shape index (κ1) is 12.7. The molecule has 0 fully saturated rings. The summed E-state index contributed by atoms with van der Waals surface area (Å²) >= 11 is 0. The van der Waals surface area contributed by atoms with Crippen LogP contribution in [-0.2, 0) is 13.1 Å². The van der Waals surface area contributed by atoms with E-state index < -0.39 is 0 Å². The van der Waals surface area contributed by atoms with Crippen molar-refractivity contribution >= 4 is 16.7 Å². The number of fused-ring (bicyclic) bond motifs is 1. The summed E-state index contributed by atoms with van der Waals surface area (Å²) < 4.78 is 5.52. The van der Waals surface area contributed by atoms with E-state index in [1.165, 1.54) is 0 Å². The van der Waals surface area contributed by atoms with Crippen molar-refractivity contribution in [2.75, 3.05) is 5.32 Å². The van der Waals surface area contributed by atoms with E-state index in [1.54, 1.807) is 0 Å². The number of hydrogen-bond donors (Lipinski definition) is 2. The molecule has 3 rings (SSSR count). The average Bonchev–Trinajstić information content (AvgIpc) is 2.89. The summed E-state index contributed by atoms with van der Waals surface area (Å²) in [6, 6.07) is 14.0. The third kappa shape index (κ3) is 2.51. The first-order valence-electron chi connectivity index (χ1n) is 6.64. The van der Waals surface area contributed by atoms with Gasteiger partial charge in [-0.1, -0.05) is 12.1 Å². The monoisotopic (exact) mass is 267 g/mol. The van der Waals surface area contributed by atoms with Gasteiger partial charge in [0.1, 0.15) is 17.3 Å². The van der Waals surface area contributed by atoms with Gasteiger partial charge in [-0.25, -0.2) is 4.98 Å². The van der Waals surface area contributed by atoms with Gasteiger partial charge in [0.2, 0.25) is 0 Å². The van der Waals surface area contributed by atoms with Crippen LogP contribution in [-0.4, -0.2) is 4.98 Å². The second-order valence-electron chi connectivity index (χ2n) is 4.75. The van der Waals surface area contributed by atoms with E-state index in [-0.39, 0.29) is 0 Å². The van der Waals surface area contributed by atoms with Crippen molar-refractivity contribution in [3.05, 3.63) is 59.5 Å². The number of furan rings is 1. The van der Waals surface area contributed by atoms with Crippen molar-refractivity contribution in [2.45, 2.75) is 20.0 Å². The molecular weight excluding hydrogens is 250 g/mol. The zero-order valence-electron chi connectivity index (χ0n) is 11.4. The van der Waals surface area contributed by atoms with Gasteiger partial charge >= 0.3 is 0 Å². The number of rotatable bonds is 4. The van der Waals surface area contributed by atoms with Crippen LogP contribution in [0, 0.1) is 6.92 Å². The van der Waals surface area contributed by atoms with E-state index in [9.17, 15) is 0 Å². The van der Waals surface area contributed by atoms with E-state index in [4.69, 9.17) is 10.2 Å². The number of nitrogens with one attached hydrogen (secondary N) is 1. The van der Waals surface area contributed by atoms with E-state index in [0.717, 1.165) is 33.8 Å². The molecule has 0 amide bonds. The fourth-order valence-electron chi connectivity index (χ4n) is 2.25. The minimum absolute atomic E-state index is 0.525. The van der Waals surface area contributed by atoms with Crippen LogP contribution >= 0.6 is 0 Å². The van der Waals surface area contributed by atoms with E-state index in [1.807, 2.05) is 43.3 Å².